The SMILES string of the molecule is Cc1ccc(C(=O)N(C)CC(=O)Nc2cccc(C)c2C)cc1NC(=O)c1ccco1. The van der Waals surface area contributed by atoms with Gasteiger partial charge in [0.25, 0.3) is 11.8 Å². The largest absolute Gasteiger partial charge is 0.459 e. The Bertz CT molecular complexity index is 1120. The molecule has 0 radical (unpaired) electrons. The molecule has 3 aromatic rings. The van der Waals surface area contributed by atoms with Gasteiger partial charge in [-0.25, -0.2) is 0 Å². The summed E-state index contributed by atoms with van der Waals surface area (Å²) in [4.78, 5) is 38.9. The summed E-state index contributed by atoms with van der Waals surface area (Å²) in [5.74, 6) is -0.845. The molecule has 0 unspecified atom stereocenters. The van der Waals surface area contributed by atoms with E-state index >= 15 is 0 Å². The first-order valence-electron chi connectivity index (χ1n) is 9.83. The summed E-state index contributed by atoms with van der Waals surface area (Å²) in [7, 11) is 1.56. The van der Waals surface area contributed by atoms with Gasteiger partial charge in [0.1, 0.15) is 0 Å². The van der Waals surface area contributed by atoms with Crippen LogP contribution in [0.25, 0.3) is 0 Å². The van der Waals surface area contributed by atoms with E-state index in [1.54, 1.807) is 37.4 Å². The van der Waals surface area contributed by atoms with Gasteiger partial charge in [0.05, 0.1) is 12.8 Å². The Morgan fingerprint density at radius 1 is 0.903 bits per heavy atom. The van der Waals surface area contributed by atoms with Gasteiger partial charge in [-0.1, -0.05) is 18.2 Å². The van der Waals surface area contributed by atoms with Gasteiger partial charge >= 0.3 is 0 Å². The van der Waals surface area contributed by atoms with Crippen LogP contribution in [0, 0.1) is 20.8 Å². The van der Waals surface area contributed by atoms with Gasteiger partial charge in [0.2, 0.25) is 5.91 Å². The predicted molar refractivity (Wildman–Crippen MR) is 119 cm³/mol. The van der Waals surface area contributed by atoms with Crippen molar-refractivity contribution in [3.05, 3.63) is 82.8 Å². The predicted octanol–water partition coefficient (Wildman–Crippen LogP) is 4.17. The van der Waals surface area contributed by atoms with Crippen molar-refractivity contribution < 1.29 is 18.8 Å². The minimum absolute atomic E-state index is 0.103. The zero-order chi connectivity index (χ0) is 22.5. The van der Waals surface area contributed by atoms with Crippen LogP contribution in [0.4, 0.5) is 11.4 Å². The normalized spacial score (nSPS) is 10.5. The van der Waals surface area contributed by atoms with E-state index in [4.69, 9.17) is 4.42 Å². The molecule has 1 aromatic heterocycles. The van der Waals surface area contributed by atoms with E-state index in [9.17, 15) is 14.4 Å². The molecular weight excluding hydrogens is 394 g/mol. The minimum Gasteiger partial charge on any atom is -0.459 e. The second-order valence-electron chi connectivity index (χ2n) is 7.42. The van der Waals surface area contributed by atoms with Crippen LogP contribution in [0.15, 0.2) is 59.2 Å². The van der Waals surface area contributed by atoms with Crippen LogP contribution in [0.2, 0.25) is 0 Å². The fraction of sp³-hybridized carbons (Fsp3) is 0.208. The van der Waals surface area contributed by atoms with Gasteiger partial charge in [0.15, 0.2) is 5.76 Å². The Morgan fingerprint density at radius 3 is 2.39 bits per heavy atom. The van der Waals surface area contributed by atoms with Gasteiger partial charge in [-0.15, -0.1) is 0 Å². The zero-order valence-corrected chi connectivity index (χ0v) is 18.0. The monoisotopic (exact) mass is 419 g/mol. The number of nitrogens with one attached hydrogen (secondary N) is 2. The molecule has 0 atom stereocenters. The topological polar surface area (TPSA) is 91.7 Å². The van der Waals surface area contributed by atoms with E-state index in [0.29, 0.717) is 11.3 Å². The third-order valence-corrected chi connectivity index (χ3v) is 5.08. The second-order valence-corrected chi connectivity index (χ2v) is 7.42. The van der Waals surface area contributed by atoms with Crippen molar-refractivity contribution in [1.82, 2.24) is 4.90 Å². The molecule has 0 aliphatic heterocycles. The Morgan fingerprint density at radius 2 is 1.68 bits per heavy atom. The van der Waals surface area contributed by atoms with Crippen LogP contribution >= 0.6 is 0 Å². The maximum atomic E-state index is 12.8. The van der Waals surface area contributed by atoms with Crippen LogP contribution < -0.4 is 10.6 Å². The highest BCUT2D eigenvalue weighted by Gasteiger charge is 2.18. The molecule has 7 heteroatoms. The lowest BCUT2D eigenvalue weighted by atomic mass is 10.1. The lowest BCUT2D eigenvalue weighted by Gasteiger charge is -2.18. The van der Waals surface area contributed by atoms with Gasteiger partial charge in [-0.05, 0) is 67.8 Å². The molecule has 0 aliphatic rings. The lowest BCUT2D eigenvalue weighted by Crippen LogP contribution is -2.35. The van der Waals surface area contributed by atoms with Crippen LogP contribution in [0.3, 0.4) is 0 Å². The smallest absolute Gasteiger partial charge is 0.291 e. The van der Waals surface area contributed by atoms with Crippen molar-refractivity contribution in [2.75, 3.05) is 24.2 Å². The van der Waals surface area contributed by atoms with E-state index in [-0.39, 0.29) is 24.1 Å². The number of benzene rings is 2. The van der Waals surface area contributed by atoms with Gasteiger partial charge < -0.3 is 20.0 Å². The van der Waals surface area contributed by atoms with E-state index in [1.807, 2.05) is 39.0 Å². The summed E-state index contributed by atoms with van der Waals surface area (Å²) < 4.78 is 5.10. The van der Waals surface area contributed by atoms with Crippen molar-refractivity contribution in [2.24, 2.45) is 0 Å². The summed E-state index contributed by atoms with van der Waals surface area (Å²) in [5.41, 5.74) is 4.45. The van der Waals surface area contributed by atoms with Gasteiger partial charge in [0, 0.05) is 24.0 Å². The van der Waals surface area contributed by atoms with Crippen molar-refractivity contribution in [3.8, 4) is 0 Å². The summed E-state index contributed by atoms with van der Waals surface area (Å²) >= 11 is 0. The molecule has 0 fully saturated rings. The Hall–Kier alpha value is -3.87. The van der Waals surface area contributed by atoms with Gasteiger partial charge in [-0.3, -0.25) is 14.4 Å². The number of nitrogens with zero attached hydrogens (tertiary/aromatic N) is 1. The summed E-state index contributed by atoms with van der Waals surface area (Å²) in [5, 5.41) is 5.60. The molecule has 1 heterocycles. The third kappa shape index (κ3) is 5.19. The Kier molecular flexibility index (Phi) is 6.55. The highest BCUT2D eigenvalue weighted by atomic mass is 16.3. The van der Waals surface area contributed by atoms with Crippen molar-refractivity contribution >= 4 is 29.1 Å². The highest BCUT2D eigenvalue weighted by Crippen LogP contribution is 2.20. The highest BCUT2D eigenvalue weighted by molar-refractivity contribution is 6.04. The number of hydrogen-bond donors (Lipinski definition) is 2. The molecule has 7 nitrogen and oxygen atoms in total. The number of carbonyl (C=O) groups excluding carboxylic acids is 3. The zero-order valence-electron chi connectivity index (χ0n) is 18.0. The average Bonchev–Trinajstić information content (AvgIpc) is 3.27. The molecule has 0 aliphatic carbocycles. The Labute approximate surface area is 181 Å². The van der Waals surface area contributed by atoms with Crippen LogP contribution in [-0.4, -0.2) is 36.2 Å². The van der Waals surface area contributed by atoms with Gasteiger partial charge in [-0.2, -0.15) is 0 Å². The third-order valence-electron chi connectivity index (χ3n) is 5.08. The quantitative estimate of drug-likeness (QED) is 0.627. The average molecular weight is 419 g/mol. The minimum atomic E-state index is -0.404. The molecule has 2 aromatic carbocycles. The molecule has 31 heavy (non-hydrogen) atoms. The molecule has 160 valence electrons. The number of hydrogen-bond acceptors (Lipinski definition) is 4. The summed E-state index contributed by atoms with van der Waals surface area (Å²) in [6.07, 6.45) is 1.42. The maximum absolute atomic E-state index is 12.8. The molecule has 2 N–H and O–H groups in total. The first-order valence-corrected chi connectivity index (χ1v) is 9.83. The van der Waals surface area contributed by atoms with Crippen molar-refractivity contribution in [2.45, 2.75) is 20.8 Å². The second kappa shape index (κ2) is 9.30. The summed E-state index contributed by atoms with van der Waals surface area (Å²) in [6.45, 7) is 5.63. The van der Waals surface area contributed by atoms with E-state index in [1.165, 1.54) is 11.2 Å². The summed E-state index contributed by atoms with van der Waals surface area (Å²) in [6, 6.07) is 13.9. The molecule has 0 saturated carbocycles. The number of aryl methyl sites for hydroxylation is 2. The van der Waals surface area contributed by atoms with E-state index in [2.05, 4.69) is 10.6 Å². The number of likely N-dealkylation sites (N-methyl/N-ethyl adjacent to an activating group) is 1. The molecule has 3 rings (SSSR count). The first kappa shape index (κ1) is 21.8. The van der Waals surface area contributed by atoms with Crippen LogP contribution in [-0.2, 0) is 4.79 Å². The van der Waals surface area contributed by atoms with Crippen LogP contribution in [0.1, 0.15) is 37.6 Å². The van der Waals surface area contributed by atoms with Crippen molar-refractivity contribution in [3.63, 3.8) is 0 Å². The van der Waals surface area contributed by atoms with E-state index in [0.717, 1.165) is 22.4 Å². The number of carbonyl (C=O) groups is 3. The molecule has 0 saturated heterocycles. The molecule has 3 amide bonds. The molecule has 0 bridgehead atoms. The van der Waals surface area contributed by atoms with Crippen molar-refractivity contribution in [1.29, 1.82) is 0 Å². The fourth-order valence-corrected chi connectivity index (χ4v) is 3.07. The number of anilines is 2. The fourth-order valence-electron chi connectivity index (χ4n) is 3.07. The first-order chi connectivity index (χ1) is 14.8. The Balaban J connectivity index is 1.68. The van der Waals surface area contributed by atoms with Crippen LogP contribution in [0.5, 0.6) is 0 Å². The maximum Gasteiger partial charge on any atom is 0.291 e. The number of furan rings is 1. The lowest BCUT2D eigenvalue weighted by molar-refractivity contribution is -0.116. The van der Waals surface area contributed by atoms with E-state index < -0.39 is 5.91 Å². The molecular formula is C24H25N3O4. The molecule has 0 spiro atoms. The number of amides is 3. The standard InChI is InChI=1S/C24H25N3O4/c1-15-7-5-8-19(17(15)3)25-22(28)14-27(4)24(30)18-11-10-16(2)20(13-18)26-23(29)21-9-6-12-31-21/h5-13H,14H2,1-4H3,(H,25,28)(H,26,29). The number of rotatable bonds is 6.